The van der Waals surface area contributed by atoms with Crippen LogP contribution in [-0.2, 0) is 17.7 Å². The van der Waals surface area contributed by atoms with Crippen LogP contribution in [0.25, 0.3) is 10.9 Å². The molecule has 1 aromatic carbocycles. The van der Waals surface area contributed by atoms with Gasteiger partial charge in [0.1, 0.15) is 12.4 Å². The normalized spacial score (nSPS) is 11.3. The number of hydrogen-bond donors (Lipinski definition) is 3. The van der Waals surface area contributed by atoms with Crippen molar-refractivity contribution in [3.05, 3.63) is 59.7 Å². The number of halogens is 2. The monoisotopic (exact) mass is 541 g/mol. The molecule has 0 aliphatic carbocycles. The van der Waals surface area contributed by atoms with E-state index in [1.807, 2.05) is 25.3 Å². The molecule has 168 valence electrons. The predicted molar refractivity (Wildman–Crippen MR) is 132 cm³/mol. The van der Waals surface area contributed by atoms with E-state index in [0.29, 0.717) is 32.2 Å². The van der Waals surface area contributed by atoms with Crippen LogP contribution in [0.2, 0.25) is 0 Å². The number of methoxy groups -OCH3 is 1. The Morgan fingerprint density at radius 3 is 2.81 bits per heavy atom. The minimum atomic E-state index is -0.227. The van der Waals surface area contributed by atoms with Gasteiger partial charge in [-0.3, -0.25) is 0 Å². The maximum absolute atomic E-state index is 13.5. The third-order valence-corrected chi connectivity index (χ3v) is 4.52. The quantitative estimate of drug-likeness (QED) is 0.158. The molecule has 0 aliphatic rings. The average Bonchev–Trinajstić information content (AvgIpc) is 3.15. The van der Waals surface area contributed by atoms with Crippen LogP contribution in [0.3, 0.4) is 0 Å². The molecule has 0 amide bonds. The molecule has 3 aromatic rings. The zero-order chi connectivity index (χ0) is 21.2. The first-order valence-electron chi connectivity index (χ1n) is 10.0. The van der Waals surface area contributed by atoms with Gasteiger partial charge in [-0.05, 0) is 42.7 Å². The molecule has 0 radical (unpaired) electrons. The minimum absolute atomic E-state index is 0. The molecule has 0 spiro atoms. The summed E-state index contributed by atoms with van der Waals surface area (Å²) >= 11 is 0. The lowest BCUT2D eigenvalue weighted by molar-refractivity contribution is 0.143. The van der Waals surface area contributed by atoms with Crippen LogP contribution in [0.4, 0.5) is 4.39 Å². The largest absolute Gasteiger partial charge is 0.475 e. The van der Waals surface area contributed by atoms with Crippen molar-refractivity contribution in [3.63, 3.8) is 0 Å². The van der Waals surface area contributed by atoms with Crippen LogP contribution in [0, 0.1) is 5.82 Å². The number of nitrogens with one attached hydrogen (secondary N) is 3. The van der Waals surface area contributed by atoms with Crippen LogP contribution in [0.1, 0.15) is 18.1 Å². The number of pyridine rings is 1. The van der Waals surface area contributed by atoms with E-state index in [2.05, 4.69) is 25.6 Å². The third-order valence-electron chi connectivity index (χ3n) is 4.52. The Morgan fingerprint density at radius 1 is 1.19 bits per heavy atom. The van der Waals surface area contributed by atoms with Gasteiger partial charge in [0, 0.05) is 49.6 Å². The van der Waals surface area contributed by atoms with E-state index in [1.165, 1.54) is 6.07 Å². The molecule has 0 fully saturated rings. The SMILES string of the molecule is CCNC(=NCc1ccc(OCCOC)nc1)NCCc1c[nH]c2ccc(F)cc12.I. The number of H-pyrrole nitrogens is 1. The lowest BCUT2D eigenvalue weighted by Gasteiger charge is -2.11. The summed E-state index contributed by atoms with van der Waals surface area (Å²) in [7, 11) is 1.63. The number of hydrogen-bond acceptors (Lipinski definition) is 4. The molecule has 7 nitrogen and oxygen atoms in total. The summed E-state index contributed by atoms with van der Waals surface area (Å²) in [6, 6.07) is 8.56. The van der Waals surface area contributed by atoms with Crippen molar-refractivity contribution in [1.29, 1.82) is 0 Å². The molecule has 0 bridgehead atoms. The molecule has 0 atom stereocenters. The van der Waals surface area contributed by atoms with Crippen LogP contribution < -0.4 is 15.4 Å². The molecule has 0 unspecified atom stereocenters. The van der Waals surface area contributed by atoms with Gasteiger partial charge in [0.25, 0.3) is 0 Å². The number of aromatic nitrogens is 2. The summed E-state index contributed by atoms with van der Waals surface area (Å²) in [6.45, 7) is 4.96. The Labute approximate surface area is 198 Å². The van der Waals surface area contributed by atoms with Crippen LogP contribution >= 0.6 is 24.0 Å². The van der Waals surface area contributed by atoms with Gasteiger partial charge >= 0.3 is 0 Å². The van der Waals surface area contributed by atoms with Crippen molar-refractivity contribution in [2.24, 2.45) is 4.99 Å². The topological polar surface area (TPSA) is 83.6 Å². The summed E-state index contributed by atoms with van der Waals surface area (Å²) in [5, 5.41) is 7.48. The van der Waals surface area contributed by atoms with Gasteiger partial charge in [-0.1, -0.05) is 6.07 Å². The standard InChI is InChI=1S/C22H28FN5O2.HI/c1-3-24-22(28-14-16-4-7-21(27-13-16)30-11-10-29-2)25-9-8-17-15-26-20-6-5-18(23)12-19(17)20;/h4-7,12-13,15,26H,3,8-11,14H2,1-2H3,(H2,24,25,28);1H. The second kappa shape index (κ2) is 13.1. The van der Waals surface area contributed by atoms with Gasteiger partial charge < -0.3 is 25.1 Å². The molecular formula is C22H29FIN5O2. The van der Waals surface area contributed by atoms with Crippen molar-refractivity contribution in [3.8, 4) is 5.88 Å². The minimum Gasteiger partial charge on any atom is -0.475 e. The lowest BCUT2D eigenvalue weighted by Crippen LogP contribution is -2.38. The maximum Gasteiger partial charge on any atom is 0.213 e. The first-order chi connectivity index (χ1) is 14.7. The Morgan fingerprint density at radius 2 is 2.06 bits per heavy atom. The first-order valence-corrected chi connectivity index (χ1v) is 10.0. The highest BCUT2D eigenvalue weighted by Gasteiger charge is 2.06. The number of aliphatic imine (C=N–C) groups is 1. The van der Waals surface area contributed by atoms with E-state index < -0.39 is 0 Å². The number of guanidine groups is 1. The number of ether oxygens (including phenoxy) is 2. The van der Waals surface area contributed by atoms with Crippen molar-refractivity contribution in [2.45, 2.75) is 19.9 Å². The van der Waals surface area contributed by atoms with Crippen molar-refractivity contribution in [1.82, 2.24) is 20.6 Å². The van der Waals surface area contributed by atoms with E-state index >= 15 is 0 Å². The molecule has 3 rings (SSSR count). The number of fused-ring (bicyclic) bond motifs is 1. The highest BCUT2D eigenvalue weighted by atomic mass is 127. The third kappa shape index (κ3) is 7.66. The molecule has 2 heterocycles. The van der Waals surface area contributed by atoms with Gasteiger partial charge in [-0.2, -0.15) is 0 Å². The predicted octanol–water partition coefficient (Wildman–Crippen LogP) is 3.64. The highest BCUT2D eigenvalue weighted by molar-refractivity contribution is 14.0. The van der Waals surface area contributed by atoms with Crippen LogP contribution in [0.5, 0.6) is 5.88 Å². The lowest BCUT2D eigenvalue weighted by atomic mass is 10.1. The molecule has 0 saturated heterocycles. The van der Waals surface area contributed by atoms with Crippen LogP contribution in [-0.4, -0.2) is 49.3 Å². The number of aromatic amines is 1. The molecule has 9 heteroatoms. The first kappa shape index (κ1) is 24.9. The second-order valence-corrected chi connectivity index (χ2v) is 6.72. The summed E-state index contributed by atoms with van der Waals surface area (Å²) in [4.78, 5) is 12.1. The maximum atomic E-state index is 13.5. The van der Waals surface area contributed by atoms with Crippen LogP contribution in [0.15, 0.2) is 47.7 Å². The van der Waals surface area contributed by atoms with Gasteiger partial charge in [-0.25, -0.2) is 14.4 Å². The van der Waals surface area contributed by atoms with E-state index in [1.54, 1.807) is 25.4 Å². The zero-order valence-electron chi connectivity index (χ0n) is 17.8. The number of benzene rings is 1. The number of nitrogens with zero attached hydrogens (tertiary/aromatic N) is 2. The summed E-state index contributed by atoms with van der Waals surface area (Å²) in [5.74, 6) is 1.07. The van der Waals surface area contributed by atoms with E-state index in [0.717, 1.165) is 41.0 Å². The van der Waals surface area contributed by atoms with E-state index in [-0.39, 0.29) is 29.8 Å². The van der Waals surface area contributed by atoms with Gasteiger partial charge in [0.2, 0.25) is 5.88 Å². The molecule has 3 N–H and O–H groups in total. The summed E-state index contributed by atoms with van der Waals surface area (Å²) in [5.41, 5.74) is 2.99. The Hall–Kier alpha value is -2.40. The molecule has 0 saturated carbocycles. The average molecular weight is 541 g/mol. The fourth-order valence-corrected chi connectivity index (χ4v) is 3.00. The van der Waals surface area contributed by atoms with Crippen molar-refractivity contribution >= 4 is 40.8 Å². The molecule has 0 aliphatic heterocycles. The summed E-state index contributed by atoms with van der Waals surface area (Å²) < 4.78 is 24.0. The smallest absolute Gasteiger partial charge is 0.213 e. The fraction of sp³-hybridized carbons (Fsp3) is 0.364. The van der Waals surface area contributed by atoms with Crippen molar-refractivity contribution < 1.29 is 13.9 Å². The molecule has 2 aromatic heterocycles. The Bertz CT molecular complexity index is 962. The second-order valence-electron chi connectivity index (χ2n) is 6.72. The molecule has 31 heavy (non-hydrogen) atoms. The van der Waals surface area contributed by atoms with Gasteiger partial charge in [0.05, 0.1) is 13.2 Å². The van der Waals surface area contributed by atoms with Gasteiger partial charge in [-0.15, -0.1) is 24.0 Å². The Kier molecular flexibility index (Phi) is 10.5. The Balaban J connectivity index is 0.00000341. The molecular weight excluding hydrogens is 512 g/mol. The number of rotatable bonds is 10. The zero-order valence-corrected chi connectivity index (χ0v) is 20.1. The van der Waals surface area contributed by atoms with E-state index in [9.17, 15) is 4.39 Å². The fourth-order valence-electron chi connectivity index (χ4n) is 3.00. The highest BCUT2D eigenvalue weighted by Crippen LogP contribution is 2.19. The van der Waals surface area contributed by atoms with Crippen molar-refractivity contribution in [2.75, 3.05) is 33.4 Å². The summed E-state index contributed by atoms with van der Waals surface area (Å²) in [6.07, 6.45) is 4.44. The van der Waals surface area contributed by atoms with Gasteiger partial charge in [0.15, 0.2) is 5.96 Å². The van der Waals surface area contributed by atoms with E-state index in [4.69, 9.17) is 9.47 Å².